The van der Waals surface area contributed by atoms with Gasteiger partial charge in [-0.15, -0.1) is 0 Å². The Hall–Kier alpha value is -5.76. The van der Waals surface area contributed by atoms with Crippen molar-refractivity contribution < 1.29 is 123 Å². The van der Waals surface area contributed by atoms with Crippen LogP contribution in [0.5, 0.6) is 34.5 Å². The summed E-state index contributed by atoms with van der Waals surface area (Å²) >= 11 is 0. The van der Waals surface area contributed by atoms with Crippen LogP contribution in [0.4, 0.5) is 0 Å². The lowest BCUT2D eigenvalue weighted by Gasteiger charge is -2.47. The van der Waals surface area contributed by atoms with Crippen molar-refractivity contribution in [3.05, 3.63) is 76.5 Å². The minimum absolute atomic E-state index is 0.0642. The number of carbonyl (C=O) groups excluding carboxylic acids is 1. The quantitative estimate of drug-likeness (QED) is 0.0477. The van der Waals surface area contributed by atoms with Crippen LogP contribution in [-0.4, -0.2) is 209 Å². The average molecular weight is 1060 g/mol. The van der Waals surface area contributed by atoms with E-state index in [1.54, 1.807) is 0 Å². The number of aliphatic hydroxyl groups is 10. The summed E-state index contributed by atoms with van der Waals surface area (Å²) in [5, 5.41) is 139. The van der Waals surface area contributed by atoms with E-state index in [-0.39, 0.29) is 28.6 Å². The highest BCUT2D eigenvalue weighted by Gasteiger charge is 2.54. The number of carbonyl (C=O) groups is 1. The number of esters is 1. The van der Waals surface area contributed by atoms with E-state index in [1.165, 1.54) is 70.4 Å². The molecule has 0 amide bonds. The predicted molar refractivity (Wildman–Crippen MR) is 249 cm³/mol. The summed E-state index contributed by atoms with van der Waals surface area (Å²) in [6, 6.07) is 11.4. The van der Waals surface area contributed by atoms with Crippen LogP contribution in [0, 0.1) is 0 Å². The number of aromatic hydroxyl groups is 3. The van der Waals surface area contributed by atoms with Gasteiger partial charge in [-0.25, -0.2) is 4.79 Å². The number of benzene rings is 3. The molecule has 26 nitrogen and oxygen atoms in total. The summed E-state index contributed by atoms with van der Waals surface area (Å²) in [4.78, 5) is 28.7. The van der Waals surface area contributed by atoms with Crippen LogP contribution in [0.3, 0.4) is 0 Å². The summed E-state index contributed by atoms with van der Waals surface area (Å²) in [5.74, 6) is -4.26. The van der Waals surface area contributed by atoms with Gasteiger partial charge in [0.1, 0.15) is 84.0 Å². The average Bonchev–Trinajstić information content (AvgIpc) is 3.39. The molecule has 0 bridgehead atoms. The molecule has 0 spiro atoms. The molecule has 8 rings (SSSR count). The van der Waals surface area contributed by atoms with Gasteiger partial charge in [0.25, 0.3) is 0 Å². The summed E-state index contributed by atoms with van der Waals surface area (Å²) < 4.78 is 64.8. The maximum absolute atomic E-state index is 15.1. The fourth-order valence-corrected chi connectivity index (χ4v) is 8.76. The van der Waals surface area contributed by atoms with Crippen LogP contribution in [0.15, 0.2) is 69.9 Å². The molecule has 4 aliphatic heterocycles. The standard InChI is InChI=1S/C49H58O26/c1-17-30(54)34(58)37(61)46(67-17)66-16-27-43(72-28(53)14-7-20-5-9-22(50)10-6-20)40(64)45(75-48-39(63)36(60)32(56)19(3)69-48)49(71-27)74-44-33(57)29-24(52)12-13-25(70-47-38(62)35(59)31(55)18(2)68-47)42(29)73-41(44)21-8-11-23(51)26(15-21)65-4/h5-15,17-19,27,30-32,34-40,43,45-52,54-56,58-64H,16H2,1-4H3/b14-7+/t17-,18-,19-,27+,30-,31-,32-,34+,35+,36+,37+,38+,39+,40-,43-,45+,46+,47-,48-,49-/m0/s1. The first-order valence-electron chi connectivity index (χ1n) is 23.5. The van der Waals surface area contributed by atoms with E-state index in [9.17, 15) is 71.2 Å². The monoisotopic (exact) mass is 1060 g/mol. The zero-order valence-electron chi connectivity index (χ0n) is 40.2. The van der Waals surface area contributed by atoms with Crippen molar-refractivity contribution in [1.82, 2.24) is 0 Å². The molecule has 13 N–H and O–H groups in total. The molecule has 1 aromatic heterocycles. The van der Waals surface area contributed by atoms with Gasteiger partial charge in [0.15, 0.2) is 53.4 Å². The first kappa shape index (κ1) is 55.5. The number of hydrogen-bond donors (Lipinski definition) is 13. The summed E-state index contributed by atoms with van der Waals surface area (Å²) in [5.41, 5.74) is -1.41. The molecule has 20 atom stereocenters. The fraction of sp³-hybridized carbons (Fsp3) is 0.510. The lowest BCUT2D eigenvalue weighted by atomic mass is 9.97. The number of rotatable bonds is 14. The van der Waals surface area contributed by atoms with Gasteiger partial charge in [-0.3, -0.25) is 4.79 Å². The second-order valence-corrected chi connectivity index (χ2v) is 18.3. The largest absolute Gasteiger partial charge is 0.508 e. The third kappa shape index (κ3) is 11.4. The van der Waals surface area contributed by atoms with Crippen molar-refractivity contribution in [1.29, 1.82) is 0 Å². The van der Waals surface area contributed by atoms with E-state index in [0.717, 1.165) is 24.3 Å². The molecule has 4 aliphatic rings. The zero-order valence-corrected chi connectivity index (χ0v) is 40.2. The van der Waals surface area contributed by atoms with Gasteiger partial charge in [-0.1, -0.05) is 12.1 Å². The number of aliphatic hydroxyl groups excluding tert-OH is 10. The third-order valence-corrected chi connectivity index (χ3v) is 13.2. The normalized spacial score (nSPS) is 36.3. The maximum atomic E-state index is 15.1. The van der Waals surface area contributed by atoms with E-state index in [4.69, 9.17) is 51.8 Å². The summed E-state index contributed by atoms with van der Waals surface area (Å²) in [6.45, 7) is 3.27. The number of fused-ring (bicyclic) bond motifs is 1. The highest BCUT2D eigenvalue weighted by atomic mass is 16.8. The van der Waals surface area contributed by atoms with Crippen LogP contribution in [0.1, 0.15) is 26.3 Å². The van der Waals surface area contributed by atoms with Crippen molar-refractivity contribution in [2.75, 3.05) is 13.7 Å². The number of hydrogen-bond acceptors (Lipinski definition) is 26. The zero-order chi connectivity index (χ0) is 54.3. The lowest BCUT2D eigenvalue weighted by Crippen LogP contribution is -2.65. The van der Waals surface area contributed by atoms with Gasteiger partial charge >= 0.3 is 5.97 Å². The Morgan fingerprint density at radius 3 is 1.80 bits per heavy atom. The van der Waals surface area contributed by atoms with Gasteiger partial charge in [0, 0.05) is 11.6 Å². The SMILES string of the molecule is COc1cc(-c2oc3c(O[C@@H]4O[C@@H](C)[C@H](O)[C@@H](O)[C@H]4O)ccc(O)c3c(=O)c2O[C@@H]2O[C@H](CO[C@@H]3O[C@@H](C)[C@H](O)[C@@H](O)[C@H]3O)[C@H](OC(=O)/C=C/c3ccc(O)cc3)[C@H](O)[C@H]2O[C@@H]2O[C@@H](C)[C@H](O)[C@@H](O)[C@H]2O)ccc1O. The Labute approximate surface area is 424 Å². The van der Waals surface area contributed by atoms with E-state index in [1.807, 2.05) is 0 Å². The Bertz CT molecular complexity index is 2710. The minimum atomic E-state index is -2.20. The molecular formula is C49H58O26. The van der Waals surface area contributed by atoms with Crippen molar-refractivity contribution in [2.45, 2.75) is 144 Å². The molecule has 4 saturated heterocycles. The number of methoxy groups -OCH3 is 1. The number of phenolic OH excluding ortho intramolecular Hbond substituents is 3. The van der Waals surface area contributed by atoms with Crippen LogP contribution < -0.4 is 19.6 Å². The molecule has 0 saturated carbocycles. The van der Waals surface area contributed by atoms with E-state index >= 15 is 4.79 Å². The molecule has 4 fully saturated rings. The van der Waals surface area contributed by atoms with Gasteiger partial charge in [-0.2, -0.15) is 0 Å². The fourth-order valence-electron chi connectivity index (χ4n) is 8.76. The van der Waals surface area contributed by atoms with Gasteiger partial charge in [0.05, 0.1) is 32.0 Å². The van der Waals surface area contributed by atoms with Crippen LogP contribution in [0.2, 0.25) is 0 Å². The lowest BCUT2D eigenvalue weighted by molar-refractivity contribution is -0.360. The van der Waals surface area contributed by atoms with Gasteiger partial charge < -0.3 is 118 Å². The van der Waals surface area contributed by atoms with Crippen LogP contribution >= 0.6 is 0 Å². The predicted octanol–water partition coefficient (Wildman–Crippen LogP) is -2.06. The highest BCUT2D eigenvalue weighted by Crippen LogP contribution is 2.43. The molecule has 4 aromatic rings. The minimum Gasteiger partial charge on any atom is -0.508 e. The van der Waals surface area contributed by atoms with Gasteiger partial charge in [0.2, 0.25) is 23.8 Å². The first-order chi connectivity index (χ1) is 35.6. The molecule has 0 radical (unpaired) electrons. The van der Waals surface area contributed by atoms with Crippen molar-refractivity contribution >= 4 is 23.0 Å². The Balaban J connectivity index is 1.25. The summed E-state index contributed by atoms with van der Waals surface area (Å²) in [6.07, 6.45) is -32.6. The van der Waals surface area contributed by atoms with E-state index < -0.39 is 169 Å². The molecule has 26 heteroatoms. The molecule has 5 heterocycles. The molecule has 410 valence electrons. The third-order valence-electron chi connectivity index (χ3n) is 13.2. The van der Waals surface area contributed by atoms with Crippen molar-refractivity contribution in [3.63, 3.8) is 0 Å². The van der Waals surface area contributed by atoms with Crippen molar-refractivity contribution in [2.24, 2.45) is 0 Å². The molecule has 0 aliphatic carbocycles. The smallest absolute Gasteiger partial charge is 0.331 e. The van der Waals surface area contributed by atoms with Gasteiger partial charge in [-0.05, 0) is 74.9 Å². The Kier molecular flexibility index (Phi) is 16.9. The number of phenols is 3. The summed E-state index contributed by atoms with van der Waals surface area (Å²) in [7, 11) is 1.21. The van der Waals surface area contributed by atoms with Crippen LogP contribution in [-0.2, 0) is 38.0 Å². The molecule has 0 unspecified atom stereocenters. The second kappa shape index (κ2) is 22.8. The number of ether oxygens (including phenoxy) is 10. The molecule has 3 aromatic carbocycles. The first-order valence-corrected chi connectivity index (χ1v) is 23.5. The highest BCUT2D eigenvalue weighted by molar-refractivity contribution is 5.91. The van der Waals surface area contributed by atoms with E-state index in [0.29, 0.717) is 5.56 Å². The molecule has 75 heavy (non-hydrogen) atoms. The Morgan fingerprint density at radius 1 is 0.600 bits per heavy atom. The topological polar surface area (TPSA) is 403 Å². The maximum Gasteiger partial charge on any atom is 0.331 e. The van der Waals surface area contributed by atoms with Crippen molar-refractivity contribution in [3.8, 4) is 45.8 Å². The van der Waals surface area contributed by atoms with E-state index in [2.05, 4.69) is 0 Å². The molecular weight excluding hydrogens is 1000 g/mol. The van der Waals surface area contributed by atoms with Crippen LogP contribution in [0.25, 0.3) is 28.4 Å². The Morgan fingerprint density at radius 2 is 1.17 bits per heavy atom. The second-order valence-electron chi connectivity index (χ2n) is 18.3.